The van der Waals surface area contributed by atoms with Gasteiger partial charge in [-0.25, -0.2) is 4.79 Å². The van der Waals surface area contributed by atoms with Crippen molar-refractivity contribution in [3.05, 3.63) is 35.9 Å². The minimum absolute atomic E-state index is 0.00558. The van der Waals surface area contributed by atoms with Gasteiger partial charge in [0.2, 0.25) is 0 Å². The number of hydrogen-bond donors (Lipinski definition) is 1. The molecule has 0 aliphatic carbocycles. The Balaban J connectivity index is 1.71. The number of ether oxygens (including phenoxy) is 2. The van der Waals surface area contributed by atoms with Crippen molar-refractivity contribution >= 4 is 12.1 Å². The van der Waals surface area contributed by atoms with Gasteiger partial charge in [-0.05, 0) is 24.8 Å². The van der Waals surface area contributed by atoms with E-state index < -0.39 is 0 Å². The van der Waals surface area contributed by atoms with Crippen LogP contribution in [0, 0.1) is 0 Å². The molecule has 0 aromatic heterocycles. The molecule has 0 spiro atoms. The van der Waals surface area contributed by atoms with Crippen LogP contribution in [0.2, 0.25) is 0 Å². The first-order chi connectivity index (χ1) is 21.2. The molecule has 1 amide bonds. The summed E-state index contributed by atoms with van der Waals surface area (Å²) in [7, 11) is 0. The smallest absolute Gasteiger partial charge is 0.407 e. The van der Waals surface area contributed by atoms with Crippen LogP contribution in [0.25, 0.3) is 0 Å². The van der Waals surface area contributed by atoms with E-state index in [1.165, 1.54) is 122 Å². The number of rotatable bonds is 31. The van der Waals surface area contributed by atoms with Gasteiger partial charge in [-0.15, -0.1) is 0 Å². The van der Waals surface area contributed by atoms with Crippen molar-refractivity contribution in [2.24, 2.45) is 0 Å². The molecule has 5 heteroatoms. The van der Waals surface area contributed by atoms with Gasteiger partial charge < -0.3 is 14.8 Å². The van der Waals surface area contributed by atoms with Crippen LogP contribution < -0.4 is 5.32 Å². The zero-order chi connectivity index (χ0) is 30.9. The van der Waals surface area contributed by atoms with Crippen molar-refractivity contribution < 1.29 is 19.1 Å². The maximum atomic E-state index is 11.9. The topological polar surface area (TPSA) is 64.6 Å². The normalized spacial score (nSPS) is 11.0. The second-order valence-corrected chi connectivity index (χ2v) is 12.4. The standard InChI is InChI=1S/C38H67NO4/c1-2-3-4-5-6-7-8-9-10-11-12-15-18-21-27-32-37(40)42-34-29-23-20-17-14-13-16-19-22-28-33-39-38(41)43-35-36-30-25-24-26-31-36/h24-26,30-31H,2-23,27-29,32-35H2,1H3,(H,39,41). The van der Waals surface area contributed by atoms with Crippen LogP contribution in [0.5, 0.6) is 0 Å². The Hall–Kier alpha value is -2.04. The third-order valence-corrected chi connectivity index (χ3v) is 8.30. The van der Waals surface area contributed by atoms with Gasteiger partial charge in [-0.1, -0.05) is 179 Å². The number of esters is 1. The molecular formula is C38H67NO4. The third kappa shape index (κ3) is 28.5. The molecule has 1 N–H and O–H groups in total. The second-order valence-electron chi connectivity index (χ2n) is 12.4. The molecule has 1 aromatic carbocycles. The van der Waals surface area contributed by atoms with Crippen molar-refractivity contribution in [2.45, 2.75) is 180 Å². The van der Waals surface area contributed by atoms with Crippen LogP contribution in [-0.2, 0) is 20.9 Å². The fourth-order valence-electron chi connectivity index (χ4n) is 5.50. The molecule has 0 fully saturated rings. The molecule has 0 unspecified atom stereocenters. The lowest BCUT2D eigenvalue weighted by molar-refractivity contribution is -0.143. The van der Waals surface area contributed by atoms with Gasteiger partial charge in [0.05, 0.1) is 6.61 Å². The molecule has 0 bridgehead atoms. The molecule has 0 atom stereocenters. The van der Waals surface area contributed by atoms with Crippen molar-refractivity contribution in [3.8, 4) is 0 Å². The summed E-state index contributed by atoms with van der Waals surface area (Å²) in [4.78, 5) is 23.7. The van der Waals surface area contributed by atoms with Gasteiger partial charge in [-0.3, -0.25) is 4.79 Å². The minimum atomic E-state index is -0.334. The van der Waals surface area contributed by atoms with E-state index in [1.54, 1.807) is 0 Å². The van der Waals surface area contributed by atoms with Crippen LogP contribution in [0.15, 0.2) is 30.3 Å². The van der Waals surface area contributed by atoms with E-state index >= 15 is 0 Å². The Morgan fingerprint density at radius 3 is 1.49 bits per heavy atom. The molecule has 43 heavy (non-hydrogen) atoms. The highest BCUT2D eigenvalue weighted by atomic mass is 16.5. The van der Waals surface area contributed by atoms with E-state index in [0.29, 0.717) is 26.2 Å². The summed E-state index contributed by atoms with van der Waals surface area (Å²) in [5, 5.41) is 2.83. The number of nitrogens with one attached hydrogen (secondary N) is 1. The Morgan fingerprint density at radius 2 is 0.977 bits per heavy atom. The van der Waals surface area contributed by atoms with E-state index in [0.717, 1.165) is 44.1 Å². The number of amides is 1. The summed E-state index contributed by atoms with van der Waals surface area (Å²) in [6.07, 6.45) is 32.2. The molecular weight excluding hydrogens is 534 g/mol. The lowest BCUT2D eigenvalue weighted by atomic mass is 10.0. The fourth-order valence-corrected chi connectivity index (χ4v) is 5.50. The Bertz CT molecular complexity index is 739. The average molecular weight is 602 g/mol. The maximum absolute atomic E-state index is 11.9. The summed E-state index contributed by atoms with van der Waals surface area (Å²) < 4.78 is 10.7. The molecule has 0 heterocycles. The highest BCUT2D eigenvalue weighted by Gasteiger charge is 2.04. The highest BCUT2D eigenvalue weighted by molar-refractivity contribution is 5.69. The lowest BCUT2D eigenvalue weighted by Crippen LogP contribution is -2.25. The Labute approximate surface area is 265 Å². The SMILES string of the molecule is CCCCCCCCCCCCCCCCCC(=O)OCCCCCCCCCCCCNC(=O)OCc1ccccc1. The molecule has 0 radical (unpaired) electrons. The van der Waals surface area contributed by atoms with E-state index in [9.17, 15) is 9.59 Å². The van der Waals surface area contributed by atoms with Crippen molar-refractivity contribution in [3.63, 3.8) is 0 Å². The molecule has 0 saturated heterocycles. The first kappa shape index (κ1) is 39.0. The number of alkyl carbamates (subject to hydrolysis) is 1. The number of carbonyl (C=O) groups excluding carboxylic acids is 2. The summed E-state index contributed by atoms with van der Waals surface area (Å²) in [6, 6.07) is 9.74. The van der Waals surface area contributed by atoms with Crippen LogP contribution in [-0.4, -0.2) is 25.2 Å². The molecule has 0 saturated carbocycles. The average Bonchev–Trinajstić information content (AvgIpc) is 3.02. The first-order valence-corrected chi connectivity index (χ1v) is 18.3. The molecule has 1 aromatic rings. The predicted octanol–water partition coefficient (Wildman–Crippen LogP) is 11.6. The molecule has 0 aliphatic rings. The number of hydrogen-bond acceptors (Lipinski definition) is 4. The van der Waals surface area contributed by atoms with Gasteiger partial charge in [0, 0.05) is 13.0 Å². The van der Waals surface area contributed by atoms with E-state index in [4.69, 9.17) is 9.47 Å². The van der Waals surface area contributed by atoms with Crippen LogP contribution in [0.1, 0.15) is 179 Å². The highest BCUT2D eigenvalue weighted by Crippen LogP contribution is 2.14. The van der Waals surface area contributed by atoms with Crippen LogP contribution >= 0.6 is 0 Å². The number of carbonyl (C=O) groups is 2. The zero-order valence-corrected chi connectivity index (χ0v) is 28.0. The Morgan fingerprint density at radius 1 is 0.535 bits per heavy atom. The van der Waals surface area contributed by atoms with Crippen LogP contribution in [0.4, 0.5) is 4.79 Å². The van der Waals surface area contributed by atoms with Crippen molar-refractivity contribution in [2.75, 3.05) is 13.2 Å². The number of benzene rings is 1. The summed E-state index contributed by atoms with van der Waals surface area (Å²) in [6.45, 7) is 3.87. The minimum Gasteiger partial charge on any atom is -0.466 e. The van der Waals surface area contributed by atoms with E-state index in [2.05, 4.69) is 12.2 Å². The van der Waals surface area contributed by atoms with Gasteiger partial charge in [0.1, 0.15) is 6.61 Å². The van der Waals surface area contributed by atoms with Crippen LogP contribution in [0.3, 0.4) is 0 Å². The van der Waals surface area contributed by atoms with E-state index in [-0.39, 0.29) is 12.1 Å². The molecule has 248 valence electrons. The Kier molecular flexibility index (Phi) is 28.5. The van der Waals surface area contributed by atoms with Crippen molar-refractivity contribution in [1.29, 1.82) is 0 Å². The monoisotopic (exact) mass is 602 g/mol. The number of unbranched alkanes of at least 4 members (excludes halogenated alkanes) is 23. The molecule has 5 nitrogen and oxygen atoms in total. The van der Waals surface area contributed by atoms with Gasteiger partial charge in [0.25, 0.3) is 0 Å². The zero-order valence-electron chi connectivity index (χ0n) is 28.0. The predicted molar refractivity (Wildman–Crippen MR) is 181 cm³/mol. The maximum Gasteiger partial charge on any atom is 0.407 e. The fraction of sp³-hybridized carbons (Fsp3) is 0.789. The second kappa shape index (κ2) is 31.4. The van der Waals surface area contributed by atoms with Crippen molar-refractivity contribution in [1.82, 2.24) is 5.32 Å². The van der Waals surface area contributed by atoms with Gasteiger partial charge in [-0.2, -0.15) is 0 Å². The van der Waals surface area contributed by atoms with Gasteiger partial charge >= 0.3 is 12.1 Å². The molecule has 0 aliphatic heterocycles. The largest absolute Gasteiger partial charge is 0.466 e. The lowest BCUT2D eigenvalue weighted by Gasteiger charge is -2.07. The third-order valence-electron chi connectivity index (χ3n) is 8.30. The summed E-state index contributed by atoms with van der Waals surface area (Å²) in [5.74, 6) is -0.00558. The van der Waals surface area contributed by atoms with E-state index in [1.807, 2.05) is 30.3 Å². The van der Waals surface area contributed by atoms with Gasteiger partial charge in [0.15, 0.2) is 0 Å². The summed E-state index contributed by atoms with van der Waals surface area (Å²) in [5.41, 5.74) is 1.00. The molecule has 1 rings (SSSR count). The summed E-state index contributed by atoms with van der Waals surface area (Å²) >= 11 is 0. The first-order valence-electron chi connectivity index (χ1n) is 18.3. The quantitative estimate of drug-likeness (QED) is 0.0679.